The third kappa shape index (κ3) is 3.83. The maximum Gasteiger partial charge on any atom is 0.0831 e. The topological polar surface area (TPSA) is 48.0 Å². The summed E-state index contributed by atoms with van der Waals surface area (Å²) in [6, 6.07) is 15.1. The summed E-state index contributed by atoms with van der Waals surface area (Å²) in [5.41, 5.74) is 12.0. The molecular formula is C32H34N2O. The van der Waals surface area contributed by atoms with Gasteiger partial charge in [0, 0.05) is 45.4 Å². The summed E-state index contributed by atoms with van der Waals surface area (Å²) in [5, 5.41) is 16.1. The summed E-state index contributed by atoms with van der Waals surface area (Å²) < 4.78 is 0. The highest BCUT2D eigenvalue weighted by molar-refractivity contribution is 5.98. The van der Waals surface area contributed by atoms with Crippen LogP contribution in [0.25, 0.3) is 22.0 Å². The van der Waals surface area contributed by atoms with Crippen LogP contribution in [0.2, 0.25) is 0 Å². The molecule has 3 aromatic carbocycles. The maximum absolute atomic E-state index is 11.2. The molecule has 1 aromatic heterocycles. The number of aryl methyl sites for hydroxylation is 4. The first-order valence-electron chi connectivity index (χ1n) is 12.4. The molecule has 0 radical (unpaired) electrons. The van der Waals surface area contributed by atoms with Gasteiger partial charge in [-0.25, -0.2) is 0 Å². The van der Waals surface area contributed by atoms with Crippen molar-refractivity contribution in [3.8, 4) is 23.0 Å². The lowest BCUT2D eigenvalue weighted by molar-refractivity contribution is 0.0868. The molecule has 2 atom stereocenters. The van der Waals surface area contributed by atoms with Crippen molar-refractivity contribution in [2.45, 2.75) is 66.0 Å². The summed E-state index contributed by atoms with van der Waals surface area (Å²) in [6.45, 7) is 14.7. The number of hydrogen-bond acceptors (Lipinski definition) is 2. The van der Waals surface area contributed by atoms with Crippen molar-refractivity contribution in [3.05, 3.63) is 87.6 Å². The molecule has 4 aromatic rings. The predicted octanol–water partition coefficient (Wildman–Crippen LogP) is 7.14. The molecule has 0 amide bonds. The van der Waals surface area contributed by atoms with Crippen molar-refractivity contribution in [3.63, 3.8) is 0 Å². The standard InChI is InChI=1S/C32H34N2O/c1-18-11-12-23(19(2)15-18)13-14-25-27(26-10-8-9-24-21(4)17-33-30(24)26)16-20(3)29-28(25)22(5)31(35)32(6,7)34-29/h8-12,15-17,22,31,33-35H,1-7H3/t22-,31?/m0/s1. The molecule has 35 heavy (non-hydrogen) atoms. The molecule has 3 N–H and O–H groups in total. The fourth-order valence-electron chi connectivity index (χ4n) is 5.59. The van der Waals surface area contributed by atoms with Gasteiger partial charge in [-0.2, -0.15) is 0 Å². The summed E-state index contributed by atoms with van der Waals surface area (Å²) in [6.07, 6.45) is 1.53. The zero-order chi connectivity index (χ0) is 25.1. The summed E-state index contributed by atoms with van der Waals surface area (Å²) in [7, 11) is 0. The van der Waals surface area contributed by atoms with Gasteiger partial charge in [0.15, 0.2) is 0 Å². The highest BCUT2D eigenvalue weighted by Gasteiger charge is 2.40. The Bertz CT molecular complexity index is 1530. The molecule has 0 bridgehead atoms. The van der Waals surface area contributed by atoms with Gasteiger partial charge in [-0.1, -0.05) is 54.7 Å². The van der Waals surface area contributed by atoms with E-state index in [0.717, 1.165) is 39.0 Å². The number of fused-ring (bicyclic) bond motifs is 2. The number of hydrogen-bond donors (Lipinski definition) is 3. The van der Waals surface area contributed by atoms with Crippen LogP contribution in [0.15, 0.2) is 48.7 Å². The van der Waals surface area contributed by atoms with E-state index in [4.69, 9.17) is 0 Å². The number of H-pyrrole nitrogens is 1. The Labute approximate surface area is 208 Å². The van der Waals surface area contributed by atoms with Crippen molar-refractivity contribution in [2.24, 2.45) is 0 Å². The number of aromatic amines is 1. The second-order valence-corrected chi connectivity index (χ2v) is 10.8. The highest BCUT2D eigenvalue weighted by atomic mass is 16.3. The second-order valence-electron chi connectivity index (χ2n) is 10.8. The summed E-state index contributed by atoms with van der Waals surface area (Å²) in [4.78, 5) is 3.49. The van der Waals surface area contributed by atoms with Gasteiger partial charge in [0.25, 0.3) is 0 Å². The summed E-state index contributed by atoms with van der Waals surface area (Å²) >= 11 is 0. The van der Waals surface area contributed by atoms with Gasteiger partial charge in [0.1, 0.15) is 0 Å². The molecule has 1 aliphatic rings. The Hall–Kier alpha value is -3.48. The first kappa shape index (κ1) is 23.3. The molecule has 178 valence electrons. The molecule has 5 rings (SSSR count). The third-order valence-electron chi connectivity index (χ3n) is 7.60. The van der Waals surface area contributed by atoms with E-state index in [1.54, 1.807) is 0 Å². The monoisotopic (exact) mass is 462 g/mol. The molecule has 3 heteroatoms. The number of para-hydroxylation sites is 1. The van der Waals surface area contributed by atoms with Gasteiger partial charge in [0.2, 0.25) is 0 Å². The fraction of sp³-hybridized carbons (Fsp3) is 0.312. The first-order chi connectivity index (χ1) is 16.6. The van der Waals surface area contributed by atoms with E-state index in [0.29, 0.717) is 0 Å². The number of benzene rings is 3. The van der Waals surface area contributed by atoms with Gasteiger partial charge in [-0.15, -0.1) is 0 Å². The van der Waals surface area contributed by atoms with Crippen molar-refractivity contribution < 1.29 is 5.11 Å². The van der Waals surface area contributed by atoms with Crippen molar-refractivity contribution in [1.29, 1.82) is 0 Å². The number of aliphatic hydroxyl groups is 1. The lowest BCUT2D eigenvalue weighted by Crippen LogP contribution is -2.50. The summed E-state index contributed by atoms with van der Waals surface area (Å²) in [5.74, 6) is 6.99. The average molecular weight is 463 g/mol. The van der Waals surface area contributed by atoms with E-state index in [2.05, 4.69) is 119 Å². The molecule has 0 spiro atoms. The zero-order valence-electron chi connectivity index (χ0n) is 21.7. The molecule has 2 heterocycles. The lowest BCUT2D eigenvalue weighted by Gasteiger charge is -2.43. The van der Waals surface area contributed by atoms with Crippen molar-refractivity contribution in [2.75, 3.05) is 5.32 Å². The Kier molecular flexibility index (Phi) is 5.54. The van der Waals surface area contributed by atoms with E-state index in [9.17, 15) is 5.11 Å². The van der Waals surface area contributed by atoms with Crippen molar-refractivity contribution in [1.82, 2.24) is 4.98 Å². The van der Waals surface area contributed by atoms with Crippen LogP contribution in [-0.4, -0.2) is 21.7 Å². The van der Waals surface area contributed by atoms with E-state index >= 15 is 0 Å². The normalized spacial score (nSPS) is 18.5. The minimum atomic E-state index is -0.533. The minimum absolute atomic E-state index is 0.0621. The molecule has 0 aliphatic carbocycles. The van der Waals surface area contributed by atoms with E-state index in [-0.39, 0.29) is 5.92 Å². The zero-order valence-corrected chi connectivity index (χ0v) is 21.7. The van der Waals surface area contributed by atoms with Crippen LogP contribution in [0.1, 0.15) is 65.6 Å². The highest BCUT2D eigenvalue weighted by Crippen LogP contribution is 2.46. The molecular weight excluding hydrogens is 428 g/mol. The number of anilines is 1. The Morgan fingerprint density at radius 1 is 0.886 bits per heavy atom. The van der Waals surface area contributed by atoms with Gasteiger partial charge >= 0.3 is 0 Å². The molecule has 0 fully saturated rings. The molecule has 0 saturated heterocycles. The van der Waals surface area contributed by atoms with E-state index < -0.39 is 11.6 Å². The van der Waals surface area contributed by atoms with Gasteiger partial charge in [-0.3, -0.25) is 0 Å². The molecule has 1 aliphatic heterocycles. The van der Waals surface area contributed by atoms with Crippen LogP contribution in [-0.2, 0) is 0 Å². The SMILES string of the molecule is Cc1ccc(C#Cc2c(-c3cccc4c(C)c[nH]c34)cc(C)c3c2[C@H](C)C(O)C(C)(C)N3)c(C)c1. The fourth-order valence-corrected chi connectivity index (χ4v) is 5.59. The number of aromatic nitrogens is 1. The largest absolute Gasteiger partial charge is 0.390 e. The van der Waals surface area contributed by atoms with Crippen molar-refractivity contribution >= 4 is 16.6 Å². The van der Waals surface area contributed by atoms with Crippen LogP contribution in [0.3, 0.4) is 0 Å². The predicted molar refractivity (Wildman–Crippen MR) is 147 cm³/mol. The molecule has 3 nitrogen and oxygen atoms in total. The van der Waals surface area contributed by atoms with E-state index in [1.807, 2.05) is 0 Å². The van der Waals surface area contributed by atoms with Crippen LogP contribution in [0.4, 0.5) is 5.69 Å². The van der Waals surface area contributed by atoms with Gasteiger partial charge in [-0.05, 0) is 75.9 Å². The van der Waals surface area contributed by atoms with Gasteiger partial charge in [0.05, 0.1) is 17.2 Å². The minimum Gasteiger partial charge on any atom is -0.390 e. The Balaban J connectivity index is 1.83. The molecule has 0 saturated carbocycles. The lowest BCUT2D eigenvalue weighted by atomic mass is 9.75. The van der Waals surface area contributed by atoms with E-state index in [1.165, 1.54) is 27.6 Å². The Morgan fingerprint density at radius 2 is 1.66 bits per heavy atom. The second kappa shape index (κ2) is 8.33. The molecule has 1 unspecified atom stereocenters. The third-order valence-corrected chi connectivity index (χ3v) is 7.60. The van der Waals surface area contributed by atoms with Crippen LogP contribution in [0, 0.1) is 39.5 Å². The van der Waals surface area contributed by atoms with Gasteiger partial charge < -0.3 is 15.4 Å². The average Bonchev–Trinajstić information content (AvgIpc) is 3.19. The Morgan fingerprint density at radius 3 is 2.40 bits per heavy atom. The maximum atomic E-state index is 11.2. The van der Waals surface area contributed by atoms with Crippen LogP contribution >= 0.6 is 0 Å². The number of rotatable bonds is 1. The van der Waals surface area contributed by atoms with Crippen LogP contribution < -0.4 is 5.32 Å². The smallest absolute Gasteiger partial charge is 0.0831 e. The van der Waals surface area contributed by atoms with Crippen LogP contribution in [0.5, 0.6) is 0 Å². The number of aliphatic hydroxyl groups excluding tert-OH is 1. The number of nitrogens with one attached hydrogen (secondary N) is 2. The first-order valence-corrected chi connectivity index (χ1v) is 12.4. The quantitative estimate of drug-likeness (QED) is 0.263.